The van der Waals surface area contributed by atoms with Gasteiger partial charge in [0.05, 0.1) is 0 Å². The third-order valence-electron chi connectivity index (χ3n) is 1.48. The van der Waals surface area contributed by atoms with Crippen LogP contribution in [0.5, 0.6) is 5.88 Å². The van der Waals surface area contributed by atoms with Gasteiger partial charge in [0, 0.05) is 6.20 Å². The first kappa shape index (κ1) is 13.0. The molecule has 1 unspecified atom stereocenters. The number of halogens is 5. The van der Waals surface area contributed by atoms with E-state index in [-0.39, 0.29) is 0 Å². The number of hydrogen-bond donors (Lipinski definition) is 0. The highest BCUT2D eigenvalue weighted by Crippen LogP contribution is 2.34. The zero-order valence-corrected chi connectivity index (χ0v) is 8.81. The summed E-state index contributed by atoms with van der Waals surface area (Å²) in [5, 5.41) is -0.394. The minimum Gasteiger partial charge on any atom is -0.474 e. The number of rotatable bonds is 3. The van der Waals surface area contributed by atoms with Crippen LogP contribution in [0, 0.1) is 0 Å². The molecule has 0 aliphatic carbocycles. The Labute approximate surface area is 93.4 Å². The lowest BCUT2D eigenvalue weighted by Gasteiger charge is -2.12. The highest BCUT2D eigenvalue weighted by atomic mass is 35.5. The summed E-state index contributed by atoms with van der Waals surface area (Å²) in [6.45, 7) is 0.618. The molecule has 3 nitrogen and oxygen atoms in total. The van der Waals surface area contributed by atoms with Gasteiger partial charge in [-0.15, -0.1) is 0 Å². The van der Waals surface area contributed by atoms with Crippen molar-refractivity contribution in [3.63, 3.8) is 0 Å². The number of nitrogens with zero attached hydrogens (tertiary/aromatic N) is 2. The highest BCUT2D eigenvalue weighted by molar-refractivity contribution is 6.28. The molecule has 0 N–H and O–H groups in total. The van der Waals surface area contributed by atoms with E-state index in [0.717, 1.165) is 6.92 Å². The van der Waals surface area contributed by atoms with E-state index in [1.807, 2.05) is 0 Å². The Morgan fingerprint density at radius 3 is 2.62 bits per heavy atom. The molecule has 0 saturated heterocycles. The van der Waals surface area contributed by atoms with Crippen molar-refractivity contribution in [3.8, 4) is 5.88 Å². The molecule has 0 bridgehead atoms. The van der Waals surface area contributed by atoms with Crippen LogP contribution in [0.4, 0.5) is 17.6 Å². The van der Waals surface area contributed by atoms with Crippen molar-refractivity contribution in [1.82, 2.24) is 9.97 Å². The largest absolute Gasteiger partial charge is 0.474 e. The minimum atomic E-state index is -4.67. The van der Waals surface area contributed by atoms with Crippen molar-refractivity contribution in [2.75, 3.05) is 6.61 Å². The highest BCUT2D eigenvalue weighted by Gasteiger charge is 2.36. The lowest BCUT2D eigenvalue weighted by Crippen LogP contribution is -2.15. The van der Waals surface area contributed by atoms with Gasteiger partial charge in [0.15, 0.2) is 0 Å². The molecule has 0 spiro atoms. The average molecular weight is 259 g/mol. The predicted octanol–water partition coefficient (Wildman–Crippen LogP) is 2.89. The molecule has 0 saturated carbocycles. The van der Waals surface area contributed by atoms with Gasteiger partial charge in [0.1, 0.15) is 18.3 Å². The van der Waals surface area contributed by atoms with Gasteiger partial charge in [-0.1, -0.05) is 0 Å². The van der Waals surface area contributed by atoms with Crippen molar-refractivity contribution in [2.45, 2.75) is 19.3 Å². The zero-order valence-electron chi connectivity index (χ0n) is 8.05. The molecule has 8 heteroatoms. The second kappa shape index (κ2) is 4.82. The fourth-order valence-electron chi connectivity index (χ4n) is 0.844. The number of hydrogen-bond acceptors (Lipinski definition) is 3. The van der Waals surface area contributed by atoms with Crippen LogP contribution in [-0.4, -0.2) is 22.7 Å². The van der Waals surface area contributed by atoms with E-state index in [4.69, 9.17) is 11.6 Å². The smallest absolute Gasteiger partial charge is 0.423 e. The number of ether oxygens (including phenoxy) is 1. The third-order valence-corrected chi connectivity index (χ3v) is 1.66. The van der Waals surface area contributed by atoms with Crippen molar-refractivity contribution in [3.05, 3.63) is 17.0 Å². The van der Waals surface area contributed by atoms with E-state index < -0.39 is 35.7 Å². The number of alkyl halides is 4. The fraction of sp³-hybridized carbons (Fsp3) is 0.500. The molecule has 0 aromatic carbocycles. The first-order chi connectivity index (χ1) is 7.30. The minimum absolute atomic E-state index is 0.394. The summed E-state index contributed by atoms with van der Waals surface area (Å²) in [7, 11) is 0. The Morgan fingerprint density at radius 2 is 2.12 bits per heavy atom. The van der Waals surface area contributed by atoms with Gasteiger partial charge in [-0.2, -0.15) is 18.2 Å². The first-order valence-electron chi connectivity index (χ1n) is 4.17. The van der Waals surface area contributed by atoms with Crippen LogP contribution in [0.25, 0.3) is 0 Å². The van der Waals surface area contributed by atoms with Crippen molar-refractivity contribution in [2.24, 2.45) is 0 Å². The normalized spacial score (nSPS) is 13.6. The summed E-state index contributed by atoms with van der Waals surface area (Å²) in [6, 6.07) is 0. The summed E-state index contributed by atoms with van der Waals surface area (Å²) in [5.74, 6) is -0.767. The summed E-state index contributed by atoms with van der Waals surface area (Å²) in [6.07, 6.45) is -5.58. The second-order valence-electron chi connectivity index (χ2n) is 2.95. The molecular weight excluding hydrogens is 252 g/mol. The molecule has 0 aliphatic heterocycles. The van der Waals surface area contributed by atoms with Gasteiger partial charge in [-0.3, -0.25) is 0 Å². The standard InChI is InChI=1S/C8H7ClF4N2O/c1-4(10)3-16-6-5(8(11,12)13)2-14-7(9)15-6/h2,4H,3H2,1H3. The lowest BCUT2D eigenvalue weighted by atomic mass is 10.3. The van der Waals surface area contributed by atoms with E-state index in [2.05, 4.69) is 14.7 Å². The van der Waals surface area contributed by atoms with Crippen molar-refractivity contribution < 1.29 is 22.3 Å². The third kappa shape index (κ3) is 3.48. The Balaban J connectivity index is 2.99. The van der Waals surface area contributed by atoms with Crippen LogP contribution >= 0.6 is 11.6 Å². The van der Waals surface area contributed by atoms with Gasteiger partial charge in [0.2, 0.25) is 11.2 Å². The van der Waals surface area contributed by atoms with Gasteiger partial charge in [-0.25, -0.2) is 9.37 Å². The van der Waals surface area contributed by atoms with Crippen LogP contribution in [-0.2, 0) is 6.18 Å². The maximum Gasteiger partial charge on any atom is 0.423 e. The molecule has 16 heavy (non-hydrogen) atoms. The Morgan fingerprint density at radius 1 is 1.50 bits per heavy atom. The maximum atomic E-state index is 12.4. The SMILES string of the molecule is CC(F)COc1nc(Cl)ncc1C(F)(F)F. The van der Waals surface area contributed by atoms with Gasteiger partial charge in [0.25, 0.3) is 0 Å². The predicted molar refractivity (Wildman–Crippen MR) is 48.1 cm³/mol. The topological polar surface area (TPSA) is 35.0 Å². The van der Waals surface area contributed by atoms with E-state index in [0.29, 0.717) is 6.20 Å². The fourth-order valence-corrected chi connectivity index (χ4v) is 0.970. The molecule has 0 aliphatic rings. The summed E-state index contributed by atoms with van der Waals surface area (Å²) in [4.78, 5) is 6.45. The molecule has 0 amide bonds. The number of aromatic nitrogens is 2. The van der Waals surface area contributed by atoms with Crippen LogP contribution in [0.15, 0.2) is 6.20 Å². The zero-order chi connectivity index (χ0) is 12.3. The Hall–Kier alpha value is -1.11. The average Bonchev–Trinajstić information content (AvgIpc) is 2.12. The van der Waals surface area contributed by atoms with E-state index in [9.17, 15) is 17.6 Å². The molecule has 1 aromatic heterocycles. The van der Waals surface area contributed by atoms with E-state index >= 15 is 0 Å². The molecule has 90 valence electrons. The van der Waals surface area contributed by atoms with Crippen LogP contribution in [0.2, 0.25) is 5.28 Å². The molecule has 1 heterocycles. The van der Waals surface area contributed by atoms with Crippen LogP contribution < -0.4 is 4.74 Å². The van der Waals surface area contributed by atoms with Gasteiger partial charge < -0.3 is 4.74 Å². The van der Waals surface area contributed by atoms with Crippen LogP contribution in [0.1, 0.15) is 12.5 Å². The Kier molecular flexibility index (Phi) is 3.90. The monoisotopic (exact) mass is 258 g/mol. The van der Waals surface area contributed by atoms with Gasteiger partial charge in [-0.05, 0) is 18.5 Å². The molecule has 1 rings (SSSR count). The first-order valence-corrected chi connectivity index (χ1v) is 4.55. The molecule has 1 aromatic rings. The quantitative estimate of drug-likeness (QED) is 0.618. The molecule has 0 fully saturated rings. The summed E-state index contributed by atoms with van der Waals surface area (Å²) >= 11 is 5.32. The maximum absolute atomic E-state index is 12.4. The van der Waals surface area contributed by atoms with Crippen molar-refractivity contribution in [1.29, 1.82) is 0 Å². The Bertz CT molecular complexity index is 370. The lowest BCUT2D eigenvalue weighted by molar-refractivity contribution is -0.139. The van der Waals surface area contributed by atoms with Gasteiger partial charge >= 0.3 is 6.18 Å². The molecule has 1 atom stereocenters. The second-order valence-corrected chi connectivity index (χ2v) is 3.29. The summed E-state index contributed by atoms with van der Waals surface area (Å²) < 4.78 is 54.2. The van der Waals surface area contributed by atoms with E-state index in [1.54, 1.807) is 0 Å². The van der Waals surface area contributed by atoms with E-state index in [1.165, 1.54) is 0 Å². The summed E-state index contributed by atoms with van der Waals surface area (Å²) in [5.41, 5.74) is -1.18. The molecule has 0 radical (unpaired) electrons. The molecular formula is C8H7ClF4N2O. The van der Waals surface area contributed by atoms with Crippen molar-refractivity contribution >= 4 is 11.6 Å². The van der Waals surface area contributed by atoms with Crippen LogP contribution in [0.3, 0.4) is 0 Å².